The second-order valence-electron chi connectivity index (χ2n) is 4.89. The highest BCUT2D eigenvalue weighted by Gasteiger charge is 2.08. The van der Waals surface area contributed by atoms with Gasteiger partial charge in [-0.25, -0.2) is 4.98 Å². The molecule has 0 bridgehead atoms. The van der Waals surface area contributed by atoms with Crippen molar-refractivity contribution in [3.63, 3.8) is 0 Å². The van der Waals surface area contributed by atoms with Gasteiger partial charge in [-0.1, -0.05) is 30.7 Å². The predicted molar refractivity (Wildman–Crippen MR) is 87.5 cm³/mol. The van der Waals surface area contributed by atoms with E-state index in [2.05, 4.69) is 34.7 Å². The molecule has 0 atom stereocenters. The van der Waals surface area contributed by atoms with Crippen LogP contribution in [-0.4, -0.2) is 30.5 Å². The van der Waals surface area contributed by atoms with Crippen molar-refractivity contribution >= 4 is 17.2 Å². The van der Waals surface area contributed by atoms with E-state index in [4.69, 9.17) is 0 Å². The molecule has 4 nitrogen and oxygen atoms in total. The van der Waals surface area contributed by atoms with Gasteiger partial charge in [-0.15, -0.1) is 11.3 Å². The maximum atomic E-state index is 11.8. The first-order valence-corrected chi connectivity index (χ1v) is 8.06. The molecule has 2 N–H and O–H groups in total. The summed E-state index contributed by atoms with van der Waals surface area (Å²) in [6.45, 7) is 6.48. The van der Waals surface area contributed by atoms with Crippen LogP contribution in [0.3, 0.4) is 0 Å². The van der Waals surface area contributed by atoms with Crippen molar-refractivity contribution in [3.05, 3.63) is 40.9 Å². The molecule has 1 amide bonds. The van der Waals surface area contributed by atoms with Gasteiger partial charge in [0.1, 0.15) is 5.01 Å². The number of amides is 1. The number of rotatable bonds is 7. The molecule has 0 aliphatic rings. The van der Waals surface area contributed by atoms with Crippen LogP contribution in [-0.2, 0) is 11.2 Å². The molecule has 112 valence electrons. The predicted octanol–water partition coefficient (Wildman–Crippen LogP) is 2.39. The van der Waals surface area contributed by atoms with Gasteiger partial charge in [0.25, 0.3) is 0 Å². The minimum absolute atomic E-state index is 0.0222. The maximum Gasteiger partial charge on any atom is 0.226 e. The van der Waals surface area contributed by atoms with Crippen LogP contribution in [0.1, 0.15) is 18.2 Å². The molecule has 0 saturated carbocycles. The number of likely N-dealkylation sites (N-methyl/N-ethyl adjacent to an activating group) is 1. The Bertz CT molecular complexity index is 595. The van der Waals surface area contributed by atoms with Crippen molar-refractivity contribution in [3.8, 4) is 10.6 Å². The first-order valence-electron chi connectivity index (χ1n) is 7.18. The first kappa shape index (κ1) is 15.7. The van der Waals surface area contributed by atoms with Crippen LogP contribution in [0.4, 0.5) is 0 Å². The van der Waals surface area contributed by atoms with Crippen molar-refractivity contribution in [1.29, 1.82) is 0 Å². The van der Waals surface area contributed by atoms with Gasteiger partial charge < -0.3 is 10.6 Å². The van der Waals surface area contributed by atoms with Crippen molar-refractivity contribution in [2.45, 2.75) is 20.3 Å². The molecule has 0 aliphatic carbocycles. The second-order valence-corrected chi connectivity index (χ2v) is 5.75. The first-order chi connectivity index (χ1) is 10.2. The SMILES string of the molecule is CCNCCNC(=O)Cc1csc(-c2cccc(C)c2)n1. The molecule has 1 aromatic heterocycles. The van der Waals surface area contributed by atoms with E-state index in [0.29, 0.717) is 13.0 Å². The third-order valence-corrected chi connectivity index (χ3v) is 3.97. The lowest BCUT2D eigenvalue weighted by Gasteiger charge is -2.04. The number of carbonyl (C=O) groups excluding carboxylic acids is 1. The summed E-state index contributed by atoms with van der Waals surface area (Å²) in [6, 6.07) is 8.25. The second kappa shape index (κ2) is 7.90. The summed E-state index contributed by atoms with van der Waals surface area (Å²) in [7, 11) is 0. The molecule has 0 aliphatic heterocycles. The van der Waals surface area contributed by atoms with E-state index in [9.17, 15) is 4.79 Å². The van der Waals surface area contributed by atoms with Gasteiger partial charge >= 0.3 is 0 Å². The normalized spacial score (nSPS) is 10.6. The molecule has 5 heteroatoms. The highest BCUT2D eigenvalue weighted by atomic mass is 32.1. The Balaban J connectivity index is 1.90. The molecule has 0 unspecified atom stereocenters. The average Bonchev–Trinajstić information content (AvgIpc) is 2.92. The van der Waals surface area contributed by atoms with Crippen molar-refractivity contribution in [2.24, 2.45) is 0 Å². The lowest BCUT2D eigenvalue weighted by atomic mass is 10.1. The molecule has 2 rings (SSSR count). The Morgan fingerprint density at radius 2 is 2.19 bits per heavy atom. The minimum Gasteiger partial charge on any atom is -0.354 e. The number of hydrogen-bond acceptors (Lipinski definition) is 4. The van der Waals surface area contributed by atoms with E-state index in [1.54, 1.807) is 11.3 Å². The van der Waals surface area contributed by atoms with E-state index < -0.39 is 0 Å². The molecule has 0 fully saturated rings. The van der Waals surface area contributed by atoms with Gasteiger partial charge in [0.15, 0.2) is 0 Å². The fourth-order valence-corrected chi connectivity index (χ4v) is 2.81. The molecule has 0 saturated heterocycles. The Morgan fingerprint density at radius 1 is 1.33 bits per heavy atom. The Hall–Kier alpha value is -1.72. The van der Waals surface area contributed by atoms with Crippen LogP contribution in [0.5, 0.6) is 0 Å². The fraction of sp³-hybridized carbons (Fsp3) is 0.375. The minimum atomic E-state index is 0.0222. The molecular formula is C16H21N3OS. The van der Waals surface area contributed by atoms with Crippen LogP contribution < -0.4 is 10.6 Å². The van der Waals surface area contributed by atoms with Gasteiger partial charge in [-0.3, -0.25) is 4.79 Å². The number of carbonyl (C=O) groups is 1. The van der Waals surface area contributed by atoms with Crippen LogP contribution in [0, 0.1) is 6.92 Å². The number of nitrogens with zero attached hydrogens (tertiary/aromatic N) is 1. The number of thiazole rings is 1. The molecule has 21 heavy (non-hydrogen) atoms. The summed E-state index contributed by atoms with van der Waals surface area (Å²) in [6.07, 6.45) is 0.342. The molecule has 0 spiro atoms. The maximum absolute atomic E-state index is 11.8. The van der Waals surface area contributed by atoms with Gasteiger partial charge in [0.2, 0.25) is 5.91 Å². The van der Waals surface area contributed by atoms with E-state index in [1.807, 2.05) is 24.4 Å². The average molecular weight is 303 g/mol. The number of aryl methyl sites for hydroxylation is 1. The number of nitrogens with one attached hydrogen (secondary N) is 2. The molecule has 1 heterocycles. The number of benzene rings is 1. The monoisotopic (exact) mass is 303 g/mol. The van der Waals surface area contributed by atoms with Gasteiger partial charge in [0.05, 0.1) is 12.1 Å². The van der Waals surface area contributed by atoms with Crippen molar-refractivity contribution in [1.82, 2.24) is 15.6 Å². The van der Waals surface area contributed by atoms with Crippen LogP contribution >= 0.6 is 11.3 Å². The Kier molecular flexibility index (Phi) is 5.90. The summed E-state index contributed by atoms with van der Waals surface area (Å²) >= 11 is 1.58. The smallest absolute Gasteiger partial charge is 0.226 e. The topological polar surface area (TPSA) is 54.0 Å². The fourth-order valence-electron chi connectivity index (χ4n) is 1.99. The number of aromatic nitrogens is 1. The molecule has 0 radical (unpaired) electrons. The van der Waals surface area contributed by atoms with Crippen molar-refractivity contribution < 1.29 is 4.79 Å². The Morgan fingerprint density at radius 3 is 2.95 bits per heavy atom. The summed E-state index contributed by atoms with van der Waals surface area (Å²) in [5.74, 6) is 0.0222. The quantitative estimate of drug-likeness (QED) is 0.772. The zero-order valence-corrected chi connectivity index (χ0v) is 13.3. The largest absolute Gasteiger partial charge is 0.354 e. The zero-order chi connectivity index (χ0) is 15.1. The highest BCUT2D eigenvalue weighted by molar-refractivity contribution is 7.13. The lowest BCUT2D eigenvalue weighted by molar-refractivity contribution is -0.120. The number of hydrogen-bond donors (Lipinski definition) is 2. The summed E-state index contributed by atoms with van der Waals surface area (Å²) in [5.41, 5.74) is 3.15. The van der Waals surface area contributed by atoms with E-state index in [0.717, 1.165) is 29.4 Å². The Labute approximate surface area is 129 Å². The van der Waals surface area contributed by atoms with Crippen molar-refractivity contribution in [2.75, 3.05) is 19.6 Å². The standard InChI is InChI=1S/C16H21N3OS/c1-3-17-7-8-18-15(20)10-14-11-21-16(19-14)13-6-4-5-12(2)9-13/h4-6,9,11,17H,3,7-8,10H2,1-2H3,(H,18,20). The third kappa shape index (κ3) is 4.95. The van der Waals surface area contributed by atoms with Gasteiger partial charge in [-0.05, 0) is 19.5 Å². The highest BCUT2D eigenvalue weighted by Crippen LogP contribution is 2.24. The van der Waals surface area contributed by atoms with Crippen LogP contribution in [0.2, 0.25) is 0 Å². The zero-order valence-electron chi connectivity index (χ0n) is 12.5. The molecular weight excluding hydrogens is 282 g/mol. The van der Waals surface area contributed by atoms with Gasteiger partial charge in [0, 0.05) is 24.0 Å². The molecule has 1 aromatic carbocycles. The summed E-state index contributed by atoms with van der Waals surface area (Å²) < 4.78 is 0. The molecule has 2 aromatic rings. The van der Waals surface area contributed by atoms with Crippen LogP contribution in [0.25, 0.3) is 10.6 Å². The van der Waals surface area contributed by atoms with E-state index >= 15 is 0 Å². The summed E-state index contributed by atoms with van der Waals surface area (Å²) in [5, 5.41) is 8.98. The van der Waals surface area contributed by atoms with E-state index in [-0.39, 0.29) is 5.91 Å². The lowest BCUT2D eigenvalue weighted by Crippen LogP contribution is -2.32. The summed E-state index contributed by atoms with van der Waals surface area (Å²) in [4.78, 5) is 16.3. The van der Waals surface area contributed by atoms with Crippen LogP contribution in [0.15, 0.2) is 29.6 Å². The van der Waals surface area contributed by atoms with Gasteiger partial charge in [-0.2, -0.15) is 0 Å². The van der Waals surface area contributed by atoms with E-state index in [1.165, 1.54) is 5.56 Å². The third-order valence-electron chi connectivity index (χ3n) is 3.03.